The van der Waals surface area contributed by atoms with Gasteiger partial charge in [-0.2, -0.15) is 0 Å². The Morgan fingerprint density at radius 2 is 1.51 bits per heavy atom. The Bertz CT molecular complexity index is 1680. The smallest absolute Gasteiger partial charge is 0.339 e. The van der Waals surface area contributed by atoms with Crippen molar-refractivity contribution >= 4 is 5.97 Å². The summed E-state index contributed by atoms with van der Waals surface area (Å²) in [6.07, 6.45) is 4.63. The Labute approximate surface area is 263 Å². The number of hydrogen-bond acceptors (Lipinski definition) is 7. The van der Waals surface area contributed by atoms with Crippen molar-refractivity contribution in [2.24, 2.45) is 0 Å². The molecule has 1 N–H and O–H groups in total. The molecule has 0 aliphatic rings. The minimum absolute atomic E-state index is 0.109. The number of benzene rings is 4. The maximum Gasteiger partial charge on any atom is 0.339 e. The highest BCUT2D eigenvalue weighted by atomic mass is 16.5. The molecule has 8 nitrogen and oxygen atoms in total. The van der Waals surface area contributed by atoms with E-state index in [1.54, 1.807) is 24.4 Å². The Kier molecular flexibility index (Phi) is 10.7. The summed E-state index contributed by atoms with van der Waals surface area (Å²) in [6, 6.07) is 28.0. The fraction of sp³-hybridized carbons (Fsp3) is 0.243. The molecule has 0 aliphatic heterocycles. The van der Waals surface area contributed by atoms with Crippen LogP contribution >= 0.6 is 0 Å². The summed E-state index contributed by atoms with van der Waals surface area (Å²) < 4.78 is 30.3. The number of carbonyl (C=O) groups is 1. The van der Waals surface area contributed by atoms with E-state index in [-0.39, 0.29) is 5.56 Å². The van der Waals surface area contributed by atoms with Crippen LogP contribution in [0.2, 0.25) is 0 Å². The van der Waals surface area contributed by atoms with Crippen molar-refractivity contribution in [3.8, 4) is 40.1 Å². The van der Waals surface area contributed by atoms with Gasteiger partial charge in [-0.1, -0.05) is 74.0 Å². The third-order valence-electron chi connectivity index (χ3n) is 7.22. The monoisotopic (exact) mass is 607 g/mol. The summed E-state index contributed by atoms with van der Waals surface area (Å²) in [7, 11) is 0. The number of para-hydroxylation sites is 1. The maximum absolute atomic E-state index is 11.7. The lowest BCUT2D eigenvalue weighted by Crippen LogP contribution is -2.08. The number of aromatic carboxylic acids is 1. The van der Waals surface area contributed by atoms with Crippen LogP contribution in [-0.4, -0.2) is 29.4 Å². The fourth-order valence-electron chi connectivity index (χ4n) is 4.97. The van der Waals surface area contributed by atoms with Crippen molar-refractivity contribution in [3.05, 3.63) is 119 Å². The lowest BCUT2D eigenvalue weighted by Gasteiger charge is -2.18. The largest absolute Gasteiger partial charge is 0.493 e. The molecule has 5 rings (SSSR count). The second kappa shape index (κ2) is 15.5. The van der Waals surface area contributed by atoms with Gasteiger partial charge < -0.3 is 28.6 Å². The minimum atomic E-state index is -1.04. The topological polar surface area (TPSA) is 100 Å². The van der Waals surface area contributed by atoms with E-state index < -0.39 is 5.97 Å². The molecule has 0 saturated heterocycles. The van der Waals surface area contributed by atoms with E-state index in [0.717, 1.165) is 47.3 Å². The average molecular weight is 608 g/mol. The Hall–Kier alpha value is -5.24. The summed E-state index contributed by atoms with van der Waals surface area (Å²) in [4.78, 5) is 11.7. The molecule has 0 radical (unpaired) electrons. The van der Waals surface area contributed by atoms with Crippen molar-refractivity contribution in [3.63, 3.8) is 0 Å². The van der Waals surface area contributed by atoms with Gasteiger partial charge in [-0.3, -0.25) is 0 Å². The van der Waals surface area contributed by atoms with Crippen LogP contribution in [0.15, 0.2) is 102 Å². The highest BCUT2D eigenvalue weighted by Crippen LogP contribution is 2.38. The second-order valence-electron chi connectivity index (χ2n) is 10.4. The van der Waals surface area contributed by atoms with Gasteiger partial charge in [-0.15, -0.1) is 0 Å². The van der Waals surface area contributed by atoms with E-state index in [1.165, 1.54) is 6.07 Å². The van der Waals surface area contributed by atoms with Crippen molar-refractivity contribution < 1.29 is 33.4 Å². The zero-order chi connectivity index (χ0) is 31.4. The van der Waals surface area contributed by atoms with Gasteiger partial charge in [-0.25, -0.2) is 4.79 Å². The van der Waals surface area contributed by atoms with Gasteiger partial charge in [0.25, 0.3) is 0 Å². The summed E-state index contributed by atoms with van der Waals surface area (Å²) >= 11 is 0. The first-order chi connectivity index (χ1) is 22.1. The van der Waals surface area contributed by atoms with E-state index in [1.807, 2.05) is 66.7 Å². The maximum atomic E-state index is 11.7. The van der Waals surface area contributed by atoms with Gasteiger partial charge in [0.15, 0.2) is 5.76 Å². The molecule has 1 aromatic heterocycles. The van der Waals surface area contributed by atoms with Crippen molar-refractivity contribution in [1.29, 1.82) is 0 Å². The first-order valence-corrected chi connectivity index (χ1v) is 15.2. The Morgan fingerprint density at radius 3 is 2.24 bits per heavy atom. The zero-order valence-corrected chi connectivity index (χ0v) is 25.5. The molecule has 0 saturated carbocycles. The summed E-state index contributed by atoms with van der Waals surface area (Å²) in [6.45, 7) is 5.44. The Morgan fingerprint density at radius 1 is 0.778 bits per heavy atom. The van der Waals surface area contributed by atoms with Crippen molar-refractivity contribution in [2.75, 3.05) is 13.2 Å². The molecule has 0 spiro atoms. The number of nitrogens with zero attached hydrogens (tertiary/aromatic N) is 1. The molecule has 0 bridgehead atoms. The van der Waals surface area contributed by atoms with Crippen LogP contribution < -0.4 is 18.9 Å². The molecule has 0 atom stereocenters. The van der Waals surface area contributed by atoms with Crippen LogP contribution in [0.5, 0.6) is 28.7 Å². The SMILES string of the molecule is CCCc1c(OCCCOc2cc(OCc3ccccc3)c(-c3ccno3)cc2CC)cccc1Oc1ccccc1C(=O)O. The standard InChI is InChI=1S/C37H37NO7/c1-3-12-28-31(17-10-18-32(28)44-33-16-9-8-15-29(33)37(39)40)41-21-11-22-42-35-24-36(43-25-26-13-6-5-7-14-26)30(23-27(35)4-2)34-19-20-38-45-34/h5-10,13-20,23-24H,3-4,11-12,21-22,25H2,1-2H3,(H,39,40). The summed E-state index contributed by atoms with van der Waals surface area (Å²) in [5.74, 6) is 2.59. The molecule has 232 valence electrons. The molecule has 45 heavy (non-hydrogen) atoms. The number of carboxylic acid groups (broad SMARTS) is 1. The van der Waals surface area contributed by atoms with Gasteiger partial charge in [0, 0.05) is 24.1 Å². The molecule has 5 aromatic rings. The van der Waals surface area contributed by atoms with Crippen LogP contribution in [-0.2, 0) is 19.4 Å². The molecule has 0 fully saturated rings. The second-order valence-corrected chi connectivity index (χ2v) is 10.4. The number of aryl methyl sites for hydroxylation is 1. The third kappa shape index (κ3) is 8.03. The van der Waals surface area contributed by atoms with Gasteiger partial charge in [0.2, 0.25) is 0 Å². The third-order valence-corrected chi connectivity index (χ3v) is 7.22. The van der Waals surface area contributed by atoms with Gasteiger partial charge in [-0.05, 0) is 54.3 Å². The summed E-state index contributed by atoms with van der Waals surface area (Å²) in [5, 5.41) is 13.4. The number of aromatic nitrogens is 1. The van der Waals surface area contributed by atoms with Crippen LogP contribution in [0.1, 0.15) is 53.7 Å². The fourth-order valence-corrected chi connectivity index (χ4v) is 4.97. The molecule has 0 aliphatic carbocycles. The van der Waals surface area contributed by atoms with E-state index in [0.29, 0.717) is 55.0 Å². The molecular weight excluding hydrogens is 570 g/mol. The molecule has 8 heteroatoms. The van der Waals surface area contributed by atoms with Crippen molar-refractivity contribution in [2.45, 2.75) is 46.1 Å². The normalized spacial score (nSPS) is 10.8. The molecular formula is C37H37NO7. The van der Waals surface area contributed by atoms with Crippen molar-refractivity contribution in [1.82, 2.24) is 5.16 Å². The lowest BCUT2D eigenvalue weighted by molar-refractivity contribution is 0.0694. The first kappa shape index (κ1) is 31.2. The van der Waals surface area contributed by atoms with Gasteiger partial charge in [0.05, 0.1) is 25.0 Å². The number of ether oxygens (including phenoxy) is 4. The minimum Gasteiger partial charge on any atom is -0.493 e. The lowest BCUT2D eigenvalue weighted by atomic mass is 10.0. The summed E-state index contributed by atoms with van der Waals surface area (Å²) in [5.41, 5.74) is 3.93. The molecule has 0 amide bonds. The molecule has 1 heterocycles. The number of rotatable bonds is 16. The van der Waals surface area contributed by atoms with E-state index in [2.05, 4.69) is 19.0 Å². The quantitative estimate of drug-likeness (QED) is 0.111. The van der Waals surface area contributed by atoms with E-state index in [9.17, 15) is 9.90 Å². The highest BCUT2D eigenvalue weighted by Gasteiger charge is 2.17. The van der Waals surface area contributed by atoms with Crippen LogP contribution in [0.4, 0.5) is 0 Å². The van der Waals surface area contributed by atoms with E-state index >= 15 is 0 Å². The molecule has 4 aromatic carbocycles. The predicted molar refractivity (Wildman–Crippen MR) is 172 cm³/mol. The molecule has 0 unspecified atom stereocenters. The average Bonchev–Trinajstić information content (AvgIpc) is 3.60. The number of carboxylic acids is 1. The van der Waals surface area contributed by atoms with E-state index in [4.69, 9.17) is 23.5 Å². The zero-order valence-electron chi connectivity index (χ0n) is 25.5. The Balaban J connectivity index is 1.25. The van der Waals surface area contributed by atoms with Crippen LogP contribution in [0.3, 0.4) is 0 Å². The predicted octanol–water partition coefficient (Wildman–Crippen LogP) is 8.77. The highest BCUT2D eigenvalue weighted by molar-refractivity contribution is 5.91. The van der Waals surface area contributed by atoms with Crippen LogP contribution in [0, 0.1) is 0 Å². The van der Waals surface area contributed by atoms with Crippen LogP contribution in [0.25, 0.3) is 11.3 Å². The first-order valence-electron chi connectivity index (χ1n) is 15.2. The number of hydrogen-bond donors (Lipinski definition) is 1. The van der Waals surface area contributed by atoms with Gasteiger partial charge >= 0.3 is 5.97 Å². The van der Waals surface area contributed by atoms with Gasteiger partial charge in [0.1, 0.15) is 40.9 Å².